The molecule has 0 spiro atoms. The van der Waals surface area contributed by atoms with E-state index in [2.05, 4.69) is 386 Å². The van der Waals surface area contributed by atoms with Crippen molar-refractivity contribution < 1.29 is 0 Å². The Bertz CT molecular complexity index is 7130. The summed E-state index contributed by atoms with van der Waals surface area (Å²) < 4.78 is 9.90. The monoisotopic (exact) mass is 1380 g/mol. The fraction of sp³-hybridized carbons (Fsp3) is 0.0588. The second-order valence-corrected chi connectivity index (χ2v) is 30.8. The van der Waals surface area contributed by atoms with Gasteiger partial charge in [0.15, 0.2) is 5.82 Å². The summed E-state index contributed by atoms with van der Waals surface area (Å²) in [7, 11) is 0. The molecule has 0 unspecified atom stereocenters. The lowest BCUT2D eigenvalue weighted by atomic mass is 9.82. The van der Waals surface area contributed by atoms with Gasteiger partial charge < -0.3 is 18.3 Å². The molecule has 0 amide bonds. The van der Waals surface area contributed by atoms with Gasteiger partial charge in [0.2, 0.25) is 0 Å². The third-order valence-electron chi connectivity index (χ3n) is 24.3. The fourth-order valence-corrected chi connectivity index (χ4v) is 19.2. The highest BCUT2D eigenvalue weighted by molar-refractivity contribution is 6.17. The number of rotatable bonds is 8. The van der Waals surface area contributed by atoms with Gasteiger partial charge in [-0.05, 0) is 199 Å². The molecule has 0 aliphatic heterocycles. The van der Waals surface area contributed by atoms with Crippen molar-refractivity contribution in [1.29, 1.82) is 0 Å². The van der Waals surface area contributed by atoms with Gasteiger partial charge in [-0.25, -0.2) is 9.97 Å². The van der Waals surface area contributed by atoms with Crippen LogP contribution in [0.5, 0.6) is 0 Å². The highest BCUT2D eigenvalue weighted by Crippen LogP contribution is 2.53. The lowest BCUT2D eigenvalue weighted by Gasteiger charge is -2.22. The first-order chi connectivity index (χ1) is 53.1. The molecule has 23 rings (SSSR count). The number of hydrogen-bond donors (Lipinski definition) is 0. The number of nitrogens with zero attached hydrogens (tertiary/aromatic N) is 6. The molecule has 0 saturated carbocycles. The molecule has 5 heterocycles. The number of para-hydroxylation sites is 4. The molecule has 0 atom stereocenters. The predicted molar refractivity (Wildman–Crippen MR) is 451 cm³/mol. The molecule has 0 fully saturated rings. The topological polar surface area (TPSA) is 45.5 Å². The van der Waals surface area contributed by atoms with Crippen LogP contribution in [-0.2, 0) is 10.8 Å². The highest BCUT2D eigenvalue weighted by atomic mass is 15.0. The van der Waals surface area contributed by atoms with Crippen molar-refractivity contribution in [3.05, 3.63) is 362 Å². The second-order valence-electron chi connectivity index (χ2n) is 30.8. The Labute approximate surface area is 623 Å². The van der Waals surface area contributed by atoms with Crippen molar-refractivity contribution in [3.63, 3.8) is 0 Å². The van der Waals surface area contributed by atoms with Crippen molar-refractivity contribution in [3.8, 4) is 89.9 Å². The minimum absolute atomic E-state index is 0.117. The van der Waals surface area contributed by atoms with Gasteiger partial charge in [-0.3, -0.25) is 0 Å². The number of hydrogen-bond acceptors (Lipinski definition) is 2. The van der Waals surface area contributed by atoms with Crippen LogP contribution < -0.4 is 0 Å². The molecule has 5 aromatic heterocycles. The Morgan fingerprint density at radius 2 is 0.583 bits per heavy atom. The van der Waals surface area contributed by atoms with E-state index in [1.807, 2.05) is 0 Å². The third kappa shape index (κ3) is 8.65. The molecule has 0 bridgehead atoms. The van der Waals surface area contributed by atoms with Gasteiger partial charge in [0.25, 0.3) is 0 Å². The van der Waals surface area contributed by atoms with Gasteiger partial charge in [0.1, 0.15) is 0 Å². The van der Waals surface area contributed by atoms with Gasteiger partial charge in [-0.1, -0.05) is 246 Å². The highest BCUT2D eigenvalue weighted by Gasteiger charge is 2.37. The maximum atomic E-state index is 5.72. The quantitative estimate of drug-likeness (QED) is 0.142. The van der Waals surface area contributed by atoms with E-state index >= 15 is 0 Å². The summed E-state index contributed by atoms with van der Waals surface area (Å²) in [5.74, 6) is 0.678. The van der Waals surface area contributed by atoms with Crippen LogP contribution >= 0.6 is 0 Å². The summed E-state index contributed by atoms with van der Waals surface area (Å²) in [5, 5.41) is 12.9. The molecular weight excluding hydrogens is 1310 g/mol. The van der Waals surface area contributed by atoms with Crippen LogP contribution in [0.15, 0.2) is 340 Å². The van der Waals surface area contributed by atoms with Crippen LogP contribution in [0.2, 0.25) is 0 Å². The minimum Gasteiger partial charge on any atom is -0.309 e. The summed E-state index contributed by atoms with van der Waals surface area (Å²) in [6, 6.07) is 127. The molecule has 506 valence electrons. The van der Waals surface area contributed by atoms with Crippen molar-refractivity contribution in [2.75, 3.05) is 0 Å². The third-order valence-corrected chi connectivity index (χ3v) is 24.3. The van der Waals surface area contributed by atoms with E-state index in [4.69, 9.17) is 9.97 Å². The largest absolute Gasteiger partial charge is 0.309 e. The molecular formula is C102H68N6. The zero-order chi connectivity index (χ0) is 71.4. The Balaban J connectivity index is 0.700. The Kier molecular flexibility index (Phi) is 12.6. The number of benzene rings is 16. The normalized spacial score (nSPS) is 13.5. The summed E-state index contributed by atoms with van der Waals surface area (Å²) in [5.41, 5.74) is 32.5. The van der Waals surface area contributed by atoms with Crippen molar-refractivity contribution in [2.45, 2.75) is 38.5 Å². The van der Waals surface area contributed by atoms with E-state index in [9.17, 15) is 0 Å². The smallest absolute Gasteiger partial charge is 0.160 e. The van der Waals surface area contributed by atoms with Gasteiger partial charge in [-0.2, -0.15) is 0 Å². The first-order valence-corrected chi connectivity index (χ1v) is 37.6. The maximum Gasteiger partial charge on any atom is 0.160 e. The van der Waals surface area contributed by atoms with Gasteiger partial charge in [0.05, 0.1) is 55.3 Å². The van der Waals surface area contributed by atoms with Crippen LogP contribution in [0.3, 0.4) is 0 Å². The zero-order valence-electron chi connectivity index (χ0n) is 60.0. The summed E-state index contributed by atoms with van der Waals surface area (Å²) in [6.45, 7) is 9.47. The van der Waals surface area contributed by atoms with Crippen LogP contribution in [0, 0.1) is 0 Å². The molecule has 0 radical (unpaired) electrons. The van der Waals surface area contributed by atoms with E-state index in [0.717, 1.165) is 83.1 Å². The lowest BCUT2D eigenvalue weighted by Crippen LogP contribution is -2.15. The molecule has 2 aliphatic carbocycles. The molecule has 6 heteroatoms. The molecule has 108 heavy (non-hydrogen) atoms. The summed E-state index contributed by atoms with van der Waals surface area (Å²) in [4.78, 5) is 11.1. The average Bonchev–Trinajstić information content (AvgIpc) is 0.840. The fourth-order valence-electron chi connectivity index (χ4n) is 19.2. The van der Waals surface area contributed by atoms with Gasteiger partial charge >= 0.3 is 0 Å². The Morgan fingerprint density at radius 3 is 1.03 bits per heavy atom. The van der Waals surface area contributed by atoms with Gasteiger partial charge in [-0.15, -0.1) is 0 Å². The van der Waals surface area contributed by atoms with Crippen molar-refractivity contribution in [1.82, 2.24) is 28.2 Å². The molecule has 2 aliphatic rings. The zero-order valence-corrected chi connectivity index (χ0v) is 60.0. The predicted octanol–water partition coefficient (Wildman–Crippen LogP) is 26.5. The SMILES string of the molecule is CC1(C)c2ccccc2-c2ccc(-n3c4ccccc4c4cc(-c5ccc6c(c5)c5ccccc5n6-c5cc(-c6nc(-c7ccccc7)nc7ccc8ccccc8c67)cc(-n6c7ccccc7c7cc(-c8ccc9c(c8)c8ccccc8n9-c8ccc9c(c8)C(C)(C)c8ccccc8-9)ccc76)c5)ccc43)cc21. The first-order valence-electron chi connectivity index (χ1n) is 37.6. The van der Waals surface area contributed by atoms with Gasteiger partial charge in [0, 0.05) is 93.2 Å². The van der Waals surface area contributed by atoms with Crippen LogP contribution in [0.1, 0.15) is 49.9 Å². The number of aromatic nitrogens is 6. The van der Waals surface area contributed by atoms with E-state index in [1.54, 1.807) is 0 Å². The second kappa shape index (κ2) is 22.4. The van der Waals surface area contributed by atoms with E-state index in [-0.39, 0.29) is 10.8 Å². The van der Waals surface area contributed by atoms with Crippen LogP contribution in [-0.4, -0.2) is 28.2 Å². The van der Waals surface area contributed by atoms with Crippen LogP contribution in [0.4, 0.5) is 0 Å². The lowest BCUT2D eigenvalue weighted by molar-refractivity contribution is 0.660. The molecule has 16 aromatic carbocycles. The molecule has 0 N–H and O–H groups in total. The minimum atomic E-state index is -0.117. The van der Waals surface area contributed by atoms with Crippen molar-refractivity contribution >= 4 is 109 Å². The average molecular weight is 1380 g/mol. The summed E-state index contributed by atoms with van der Waals surface area (Å²) >= 11 is 0. The van der Waals surface area contributed by atoms with E-state index in [1.165, 1.54) is 132 Å². The maximum absolute atomic E-state index is 5.72. The molecule has 6 nitrogen and oxygen atoms in total. The number of fused-ring (bicyclic) bond motifs is 21. The molecule has 21 aromatic rings. The Hall–Kier alpha value is -13.7. The summed E-state index contributed by atoms with van der Waals surface area (Å²) in [6.07, 6.45) is 0. The van der Waals surface area contributed by atoms with E-state index in [0.29, 0.717) is 5.82 Å². The van der Waals surface area contributed by atoms with Crippen molar-refractivity contribution in [2.24, 2.45) is 0 Å². The first kappa shape index (κ1) is 60.7. The van der Waals surface area contributed by atoms with E-state index < -0.39 is 0 Å². The molecule has 0 saturated heterocycles. The van der Waals surface area contributed by atoms with Crippen LogP contribution in [0.25, 0.3) is 199 Å². The standard InChI is InChI=1S/C102H68N6/c1-101(2)85-32-16-10-26-73(85)75-45-43-68(59-87(75)101)105-90-34-18-12-28-77(90)81-54-63(39-48-94(81)105)65-41-50-96-83(56-65)79-30-14-20-36-92(79)107(96)70-52-67(99-98-72-25-9-8-22-61(72)38-47-89(98)103-100(104-99)62-23-6-5-7-24-62)53-71(58-70)108-93-37-21-15-31-80(93)84-57-66(42-51-97(84)108)64-40-49-95-82(55-64)78-29-13-19-35-91(78)106(95)69-44-46-76-74-27-11-17-33-86(74)102(3,4)88(76)60-69/h5-60H,1-4H3. The Morgan fingerprint density at radius 1 is 0.222 bits per heavy atom.